The summed E-state index contributed by atoms with van der Waals surface area (Å²) in [5.41, 5.74) is 3.38. The Labute approximate surface area is 211 Å². The molecule has 0 amide bonds. The van der Waals surface area contributed by atoms with Gasteiger partial charge in [-0.15, -0.1) is 23.4 Å². The lowest BCUT2D eigenvalue weighted by Gasteiger charge is -2.49. The Morgan fingerprint density at radius 3 is 2.76 bits per heavy atom. The molecule has 6 rings (SSSR count). The number of anilines is 1. The number of benzene rings is 2. The lowest BCUT2D eigenvalue weighted by atomic mass is 9.72. The zero-order valence-electron chi connectivity index (χ0n) is 18.1. The van der Waals surface area contributed by atoms with Crippen LogP contribution in [0.2, 0.25) is 5.02 Å². The Kier molecular flexibility index (Phi) is 5.63. The van der Waals surface area contributed by atoms with Gasteiger partial charge in [0, 0.05) is 40.4 Å². The van der Waals surface area contributed by atoms with Crippen molar-refractivity contribution in [2.24, 2.45) is 11.8 Å². The fourth-order valence-corrected chi connectivity index (χ4v) is 8.84. The molecular weight excluding hydrogens is 495 g/mol. The molecule has 1 fully saturated rings. The van der Waals surface area contributed by atoms with Crippen molar-refractivity contribution >= 4 is 52.3 Å². The maximum absolute atomic E-state index is 12.7. The van der Waals surface area contributed by atoms with Crippen molar-refractivity contribution in [3.8, 4) is 0 Å². The summed E-state index contributed by atoms with van der Waals surface area (Å²) in [4.78, 5) is 15.4. The maximum atomic E-state index is 12.7. The second kappa shape index (κ2) is 8.43. The van der Waals surface area contributed by atoms with E-state index in [1.54, 1.807) is 18.2 Å². The van der Waals surface area contributed by atoms with Crippen molar-refractivity contribution in [3.05, 3.63) is 69.9 Å². The topological polar surface area (TPSA) is 88.3 Å². The van der Waals surface area contributed by atoms with Crippen LogP contribution in [-0.2, 0) is 4.79 Å². The van der Waals surface area contributed by atoms with E-state index in [-0.39, 0.29) is 34.1 Å². The normalized spacial score (nSPS) is 33.9. The molecule has 1 saturated carbocycles. The van der Waals surface area contributed by atoms with E-state index in [4.69, 9.17) is 23.2 Å². The highest BCUT2D eigenvalue weighted by Crippen LogP contribution is 2.60. The fraction of sp³-hybridized carbons (Fsp3) is 0.400. The number of alkyl halides is 1. The Morgan fingerprint density at radius 1 is 1.24 bits per heavy atom. The first-order valence-corrected chi connectivity index (χ1v) is 13.2. The fourth-order valence-electron chi connectivity index (χ4n) is 6.64. The molecule has 2 aromatic rings. The van der Waals surface area contributed by atoms with Gasteiger partial charge in [0.15, 0.2) is 5.69 Å². The number of thioether (sulfide) groups is 1. The third-order valence-electron chi connectivity index (χ3n) is 7.91. The summed E-state index contributed by atoms with van der Waals surface area (Å²) in [5, 5.41) is 31.0. The second-order valence-electron chi connectivity index (χ2n) is 9.65. The molecule has 2 heterocycles. The molecule has 9 heteroatoms. The van der Waals surface area contributed by atoms with Gasteiger partial charge in [-0.05, 0) is 54.0 Å². The number of halogens is 2. The molecule has 178 valence electrons. The highest BCUT2D eigenvalue weighted by molar-refractivity contribution is 8.00. The van der Waals surface area contributed by atoms with Gasteiger partial charge in [-0.2, -0.15) is 5.23 Å². The molecule has 3 N–H and O–H groups in total. The first kappa shape index (κ1) is 22.7. The lowest BCUT2D eigenvalue weighted by molar-refractivity contribution is -0.992. The molecule has 4 aliphatic rings. The Hall–Kier alpha value is -1.74. The number of rotatable bonds is 4. The average molecular weight is 519 g/mol. The van der Waals surface area contributed by atoms with Crippen LogP contribution in [0.15, 0.2) is 53.4 Å². The molecule has 1 unspecified atom stereocenters. The van der Waals surface area contributed by atoms with E-state index in [9.17, 15) is 20.3 Å². The largest absolute Gasteiger partial charge is 0.595 e. The highest BCUT2D eigenvalue weighted by atomic mass is 35.5. The summed E-state index contributed by atoms with van der Waals surface area (Å²) < 4.78 is 0. The number of nitrogens with zero attached hydrogens (tertiary/aromatic N) is 1. The van der Waals surface area contributed by atoms with Gasteiger partial charge in [0.05, 0.1) is 10.3 Å². The Balaban J connectivity index is 1.44. The average Bonchev–Trinajstić information content (AvgIpc) is 3.38. The Morgan fingerprint density at radius 2 is 2.00 bits per heavy atom. The van der Waals surface area contributed by atoms with Crippen LogP contribution < -0.4 is 10.1 Å². The number of quaternary nitrogens is 1. The number of hydrogen-bond acceptors (Lipinski definition) is 5. The van der Waals surface area contributed by atoms with Gasteiger partial charge in [-0.25, -0.2) is 10.0 Å². The number of carboxylic acids is 1. The van der Waals surface area contributed by atoms with Crippen LogP contribution in [-0.4, -0.2) is 39.5 Å². The van der Waals surface area contributed by atoms with Gasteiger partial charge in [0.1, 0.15) is 6.04 Å². The van der Waals surface area contributed by atoms with E-state index in [0.29, 0.717) is 28.8 Å². The van der Waals surface area contributed by atoms with Gasteiger partial charge < -0.3 is 15.2 Å². The van der Waals surface area contributed by atoms with Gasteiger partial charge >= 0.3 is 5.97 Å². The highest BCUT2D eigenvalue weighted by Gasteiger charge is 2.56. The predicted molar refractivity (Wildman–Crippen MR) is 133 cm³/mol. The molecule has 0 saturated heterocycles. The quantitative estimate of drug-likeness (QED) is 0.312. The van der Waals surface area contributed by atoms with E-state index in [1.165, 1.54) is 11.8 Å². The van der Waals surface area contributed by atoms with Crippen LogP contribution in [0.3, 0.4) is 0 Å². The van der Waals surface area contributed by atoms with Crippen molar-refractivity contribution in [3.63, 3.8) is 0 Å². The molecule has 0 aromatic heterocycles. The number of fused-ring (bicyclic) bond motifs is 4. The number of allylic oxidation sites excluding steroid dienone is 2. The Bertz CT molecular complexity index is 1190. The van der Waals surface area contributed by atoms with Gasteiger partial charge in [-0.1, -0.05) is 35.9 Å². The summed E-state index contributed by atoms with van der Waals surface area (Å²) in [6, 6.07) is 10.2. The minimum atomic E-state index is -0.980. The minimum absolute atomic E-state index is 0.116. The van der Waals surface area contributed by atoms with E-state index in [0.717, 1.165) is 23.2 Å². The van der Waals surface area contributed by atoms with Crippen LogP contribution in [0.4, 0.5) is 11.4 Å². The van der Waals surface area contributed by atoms with Crippen molar-refractivity contribution in [1.29, 1.82) is 0 Å². The maximum Gasteiger partial charge on any atom is 0.326 e. The molecule has 0 spiro atoms. The van der Waals surface area contributed by atoms with Crippen molar-refractivity contribution in [2.75, 3.05) is 11.4 Å². The van der Waals surface area contributed by atoms with Crippen molar-refractivity contribution < 1.29 is 20.3 Å². The van der Waals surface area contributed by atoms with Crippen LogP contribution in [0.25, 0.3) is 0 Å². The van der Waals surface area contributed by atoms with E-state index < -0.39 is 17.2 Å². The molecule has 6 nitrogen and oxygen atoms in total. The smallest absolute Gasteiger partial charge is 0.326 e. The first-order valence-electron chi connectivity index (χ1n) is 11.5. The van der Waals surface area contributed by atoms with Crippen LogP contribution in [0.1, 0.15) is 35.8 Å². The summed E-state index contributed by atoms with van der Waals surface area (Å²) in [6.07, 6.45) is 5.95. The second-order valence-corrected chi connectivity index (χ2v) is 11.9. The molecule has 2 aliphatic carbocycles. The van der Waals surface area contributed by atoms with Crippen LogP contribution in [0.5, 0.6) is 0 Å². The molecule has 2 aliphatic heterocycles. The van der Waals surface area contributed by atoms with Gasteiger partial charge in [-0.3, -0.25) is 0 Å². The number of carbonyl (C=O) groups is 1. The zero-order chi connectivity index (χ0) is 23.7. The molecule has 2 aromatic carbocycles. The third-order valence-corrected chi connectivity index (χ3v) is 10.3. The van der Waals surface area contributed by atoms with Crippen molar-refractivity contribution in [2.45, 2.75) is 46.2 Å². The SMILES string of the molecule is O=C(O)[C@@H]1[C@@H]2C[C@H](Sc3ccccc3[NH+]([O-])O)[C@H](Cl)[C@@H]2c2cc(Cl)cc3c2N1C[C@H]1CC=C[C@@H]31. The number of carboxylic acid groups (broad SMARTS) is 1. The van der Waals surface area contributed by atoms with Crippen LogP contribution in [0, 0.1) is 17.0 Å². The van der Waals surface area contributed by atoms with E-state index in [2.05, 4.69) is 17.1 Å². The van der Waals surface area contributed by atoms with E-state index >= 15 is 0 Å². The number of nitrogens with one attached hydrogen (secondary N) is 1. The summed E-state index contributed by atoms with van der Waals surface area (Å²) >= 11 is 15.2. The van der Waals surface area contributed by atoms with Crippen LogP contribution >= 0.6 is 35.0 Å². The number of para-hydroxylation sites is 1. The predicted octanol–water partition coefficient (Wildman–Crippen LogP) is 4.56. The summed E-state index contributed by atoms with van der Waals surface area (Å²) in [6.45, 7) is 0.700. The number of hydrogen-bond donors (Lipinski definition) is 3. The minimum Gasteiger partial charge on any atom is -0.595 e. The summed E-state index contributed by atoms with van der Waals surface area (Å²) in [5.74, 6) is -0.580. The first-order chi connectivity index (χ1) is 16.3. The molecule has 0 radical (unpaired) electrons. The molecule has 34 heavy (non-hydrogen) atoms. The number of aliphatic carboxylic acids is 1. The van der Waals surface area contributed by atoms with Gasteiger partial charge in [0.2, 0.25) is 0 Å². The third kappa shape index (κ3) is 3.40. The lowest BCUT2D eigenvalue weighted by Crippen LogP contribution is -2.99. The zero-order valence-corrected chi connectivity index (χ0v) is 20.4. The van der Waals surface area contributed by atoms with Gasteiger partial charge in [0.25, 0.3) is 0 Å². The molecule has 8 atom stereocenters. The molecule has 0 bridgehead atoms. The summed E-state index contributed by atoms with van der Waals surface area (Å²) in [7, 11) is 0. The van der Waals surface area contributed by atoms with Crippen molar-refractivity contribution in [1.82, 2.24) is 0 Å². The standard InChI is InChI=1S/C25H24Cl2N2O4S/c26-13-8-15-14-5-3-4-12(14)11-28-23(15)16(9-13)21-17(24(28)25(30)31)10-20(22(21)27)34-19-7-2-1-6-18(19)29(32)33/h1-3,5-9,12,14,17,20-22,24,29,32H,4,10-11H2,(H,30,31)/t12-,14-,17-,20+,21-,22+,24+/m1/s1. The monoisotopic (exact) mass is 518 g/mol. The molecular formula is C25H24Cl2N2O4S. The van der Waals surface area contributed by atoms with E-state index in [1.807, 2.05) is 18.2 Å².